The Morgan fingerprint density at radius 1 is 1.24 bits per heavy atom. The fourth-order valence-corrected chi connectivity index (χ4v) is 2.16. The first-order valence-electron chi connectivity index (χ1n) is 7.38. The Morgan fingerprint density at radius 3 is 2.29 bits per heavy atom. The molecule has 2 N–H and O–H groups in total. The maximum absolute atomic E-state index is 5.94. The lowest BCUT2D eigenvalue weighted by molar-refractivity contribution is 0.00578. The maximum Gasteiger partial charge on any atom is 0.487 e. The van der Waals surface area contributed by atoms with Gasteiger partial charge in [-0.1, -0.05) is 12.1 Å². The molecule has 1 atom stereocenters. The molecule has 0 radical (unpaired) electrons. The van der Waals surface area contributed by atoms with Gasteiger partial charge in [-0.15, -0.1) is 0 Å². The zero-order valence-corrected chi connectivity index (χ0v) is 13.8. The van der Waals surface area contributed by atoms with Crippen molar-refractivity contribution in [3.05, 3.63) is 35.1 Å². The Bertz CT molecular complexity index is 537. The van der Waals surface area contributed by atoms with Crippen LogP contribution in [0.1, 0.15) is 57.5 Å². The van der Waals surface area contributed by atoms with E-state index in [4.69, 9.17) is 15.0 Å². The molecule has 0 aliphatic carbocycles. The third-order valence-corrected chi connectivity index (χ3v) is 4.34. The number of nitrogens with two attached hydrogens (primary N) is 1. The number of hydrogen-bond acceptors (Lipinski definition) is 4. The summed E-state index contributed by atoms with van der Waals surface area (Å²) < 4.78 is 11.9. The van der Waals surface area contributed by atoms with E-state index in [1.54, 1.807) is 0 Å². The van der Waals surface area contributed by atoms with Crippen LogP contribution in [0.15, 0.2) is 18.2 Å². The molecule has 1 unspecified atom stereocenters. The van der Waals surface area contributed by atoms with Gasteiger partial charge in [0, 0.05) is 12.2 Å². The molecule has 0 bridgehead atoms. The minimum atomic E-state index is -0.331. The van der Waals surface area contributed by atoms with Gasteiger partial charge in [-0.3, -0.25) is 4.98 Å². The van der Waals surface area contributed by atoms with Crippen molar-refractivity contribution in [2.75, 3.05) is 0 Å². The van der Waals surface area contributed by atoms with Gasteiger partial charge >= 0.3 is 7.12 Å². The van der Waals surface area contributed by atoms with Gasteiger partial charge in [0.15, 0.2) is 0 Å². The Kier molecular flexibility index (Phi) is 4.29. The van der Waals surface area contributed by atoms with Crippen molar-refractivity contribution in [1.29, 1.82) is 0 Å². The van der Waals surface area contributed by atoms with Crippen molar-refractivity contribution in [2.24, 2.45) is 5.73 Å². The van der Waals surface area contributed by atoms with Crippen LogP contribution in [0.4, 0.5) is 0 Å². The Balaban J connectivity index is 2.13. The van der Waals surface area contributed by atoms with Crippen LogP contribution in [-0.4, -0.2) is 23.3 Å². The van der Waals surface area contributed by atoms with E-state index in [-0.39, 0.29) is 24.4 Å². The molecule has 0 amide bonds. The lowest BCUT2D eigenvalue weighted by Gasteiger charge is -2.32. The Labute approximate surface area is 127 Å². The molecule has 1 aliphatic heterocycles. The van der Waals surface area contributed by atoms with E-state index in [0.29, 0.717) is 0 Å². The fraction of sp³-hybridized carbons (Fsp3) is 0.562. The van der Waals surface area contributed by atoms with Crippen LogP contribution in [0.5, 0.6) is 0 Å². The summed E-state index contributed by atoms with van der Waals surface area (Å²) >= 11 is 0. The highest BCUT2D eigenvalue weighted by Crippen LogP contribution is 2.37. The number of aryl methyl sites for hydroxylation is 1. The van der Waals surface area contributed by atoms with E-state index >= 15 is 0 Å². The Hall–Kier alpha value is -1.17. The van der Waals surface area contributed by atoms with Crippen LogP contribution in [0.2, 0.25) is 0 Å². The molecule has 1 aliphatic rings. The van der Waals surface area contributed by atoms with Crippen molar-refractivity contribution < 1.29 is 9.31 Å². The normalized spacial score (nSPS) is 22.0. The first kappa shape index (κ1) is 16.2. The molecule has 1 aromatic heterocycles. The third-order valence-electron chi connectivity index (χ3n) is 4.34. The molecule has 1 saturated heterocycles. The molecule has 2 heterocycles. The van der Waals surface area contributed by atoms with E-state index in [1.807, 2.05) is 58.9 Å². The first-order chi connectivity index (χ1) is 9.62. The smallest absolute Gasteiger partial charge is 0.400 e. The monoisotopic (exact) mass is 288 g/mol. The molecule has 1 fully saturated rings. The van der Waals surface area contributed by atoms with Gasteiger partial charge in [0.25, 0.3) is 0 Å². The lowest BCUT2D eigenvalue weighted by atomic mass is 9.89. The summed E-state index contributed by atoms with van der Waals surface area (Å²) in [5.74, 6) is 1.94. The number of nitrogens with zero attached hydrogens (tertiary/aromatic N) is 1. The van der Waals surface area contributed by atoms with Crippen LogP contribution in [0, 0.1) is 6.92 Å². The summed E-state index contributed by atoms with van der Waals surface area (Å²) in [6, 6.07) is 1.97. The average Bonchev–Trinajstić information content (AvgIpc) is 2.56. The van der Waals surface area contributed by atoms with E-state index < -0.39 is 0 Å². The number of rotatable bonds is 3. The molecule has 0 saturated carbocycles. The highest BCUT2D eigenvalue weighted by atomic mass is 16.7. The van der Waals surface area contributed by atoms with Crippen molar-refractivity contribution in [3.63, 3.8) is 0 Å². The number of pyridine rings is 1. The predicted octanol–water partition coefficient (Wildman–Crippen LogP) is 3.05. The van der Waals surface area contributed by atoms with Crippen molar-refractivity contribution >= 4 is 13.2 Å². The zero-order valence-electron chi connectivity index (χ0n) is 13.8. The number of hydrogen-bond donors (Lipinski definition) is 1. The molecule has 1 aromatic rings. The Morgan fingerprint density at radius 2 is 1.81 bits per heavy atom. The predicted molar refractivity (Wildman–Crippen MR) is 86.7 cm³/mol. The van der Waals surface area contributed by atoms with Crippen LogP contribution in [-0.2, 0) is 9.31 Å². The first-order valence-corrected chi connectivity index (χ1v) is 7.38. The van der Waals surface area contributed by atoms with E-state index in [1.165, 1.54) is 0 Å². The fourth-order valence-electron chi connectivity index (χ4n) is 2.16. The second kappa shape index (κ2) is 5.56. The topological polar surface area (TPSA) is 57.4 Å². The van der Waals surface area contributed by atoms with Gasteiger partial charge in [-0.05, 0) is 58.7 Å². The molecular weight excluding hydrogens is 263 g/mol. The molecule has 4 nitrogen and oxygen atoms in total. The summed E-state index contributed by atoms with van der Waals surface area (Å²) in [6.07, 6.45) is 3.84. The second-order valence-corrected chi connectivity index (χ2v) is 6.74. The average molecular weight is 288 g/mol. The van der Waals surface area contributed by atoms with Crippen molar-refractivity contribution in [3.8, 4) is 0 Å². The van der Waals surface area contributed by atoms with Gasteiger partial charge in [0.2, 0.25) is 0 Å². The SMILES string of the molecule is Cc1cc(C(C)N)ncc1/C=C/B1OC(C)(C)C(C)(C)O1. The molecule has 0 spiro atoms. The van der Waals surface area contributed by atoms with E-state index in [9.17, 15) is 0 Å². The minimum absolute atomic E-state index is 0.0511. The molecular formula is C16H25BN2O2. The van der Waals surface area contributed by atoms with Crippen LogP contribution in [0.3, 0.4) is 0 Å². The molecule has 2 rings (SSSR count). The lowest BCUT2D eigenvalue weighted by Crippen LogP contribution is -2.41. The second-order valence-electron chi connectivity index (χ2n) is 6.74. The van der Waals surface area contributed by atoms with E-state index in [2.05, 4.69) is 11.9 Å². The summed E-state index contributed by atoms with van der Waals surface area (Å²) in [6.45, 7) is 12.2. The quantitative estimate of drug-likeness (QED) is 0.868. The van der Waals surface area contributed by atoms with E-state index in [0.717, 1.165) is 16.8 Å². The van der Waals surface area contributed by atoms with Gasteiger partial charge in [-0.2, -0.15) is 0 Å². The van der Waals surface area contributed by atoms with Crippen LogP contribution < -0.4 is 5.73 Å². The summed E-state index contributed by atoms with van der Waals surface area (Å²) in [4.78, 5) is 4.38. The van der Waals surface area contributed by atoms with Crippen LogP contribution in [0.25, 0.3) is 6.08 Å². The molecule has 5 heteroatoms. The largest absolute Gasteiger partial charge is 0.487 e. The summed E-state index contributed by atoms with van der Waals surface area (Å²) in [5, 5.41) is 0. The standard InChI is InChI=1S/C16H25BN2O2/c1-11-9-14(12(2)18)19-10-13(11)7-8-17-20-15(3,4)16(5,6)21-17/h7-10,12H,18H2,1-6H3/b8-7+. The highest BCUT2D eigenvalue weighted by Gasteiger charge is 2.49. The molecule has 114 valence electrons. The molecule has 21 heavy (non-hydrogen) atoms. The summed E-state index contributed by atoms with van der Waals surface area (Å²) in [5.41, 5.74) is 8.32. The molecule has 0 aromatic carbocycles. The van der Waals surface area contributed by atoms with Crippen molar-refractivity contribution in [1.82, 2.24) is 4.98 Å². The zero-order chi connectivity index (χ0) is 15.8. The van der Waals surface area contributed by atoms with Crippen molar-refractivity contribution in [2.45, 2.75) is 58.8 Å². The summed E-state index contributed by atoms with van der Waals surface area (Å²) in [7, 11) is -0.331. The van der Waals surface area contributed by atoms with Gasteiger partial charge in [0.1, 0.15) is 0 Å². The van der Waals surface area contributed by atoms with Gasteiger partial charge in [0.05, 0.1) is 16.9 Å². The maximum atomic E-state index is 5.94. The minimum Gasteiger partial charge on any atom is -0.400 e. The number of aromatic nitrogens is 1. The third kappa shape index (κ3) is 3.36. The van der Waals surface area contributed by atoms with Crippen LogP contribution >= 0.6 is 0 Å². The highest BCUT2D eigenvalue weighted by molar-refractivity contribution is 6.52. The van der Waals surface area contributed by atoms with Gasteiger partial charge in [-0.25, -0.2) is 0 Å². The van der Waals surface area contributed by atoms with Gasteiger partial charge < -0.3 is 15.0 Å².